The van der Waals surface area contributed by atoms with E-state index in [0.717, 1.165) is 11.2 Å². The Hall–Kier alpha value is -1.71. The van der Waals surface area contributed by atoms with Crippen LogP contribution in [-0.2, 0) is 9.59 Å². The molecule has 0 saturated carbocycles. The van der Waals surface area contributed by atoms with Crippen LogP contribution in [-0.4, -0.2) is 36.7 Å². The summed E-state index contributed by atoms with van der Waals surface area (Å²) in [6, 6.07) is 5.28. The van der Waals surface area contributed by atoms with Crippen molar-refractivity contribution in [2.45, 2.75) is 32.4 Å². The topological polar surface area (TPSA) is 73.2 Å². The molecule has 3 unspecified atom stereocenters. The van der Waals surface area contributed by atoms with E-state index in [4.69, 9.17) is 0 Å². The van der Waals surface area contributed by atoms with Crippen LogP contribution in [0.3, 0.4) is 0 Å². The van der Waals surface area contributed by atoms with Gasteiger partial charge in [-0.2, -0.15) is 5.26 Å². The first kappa shape index (κ1) is 16.7. The SMILES string of the molecule is CNCC(C)C(=O)N1C(C=O)C[C@](C)(C#N)C1c1cccs1. The number of amides is 1. The third-order valence-electron chi connectivity index (χ3n) is 4.28. The molecule has 1 fully saturated rings. The predicted octanol–water partition coefficient (Wildman–Crippen LogP) is 1.97. The highest BCUT2D eigenvalue weighted by molar-refractivity contribution is 7.10. The number of nitriles is 1. The molecule has 0 spiro atoms. The second-order valence-electron chi connectivity index (χ2n) is 6.06. The average molecular weight is 319 g/mol. The number of carbonyl (C=O) groups excluding carboxylic acids is 2. The molecule has 0 aliphatic carbocycles. The molecule has 1 aromatic rings. The summed E-state index contributed by atoms with van der Waals surface area (Å²) in [5.74, 6) is -0.320. The van der Waals surface area contributed by atoms with Gasteiger partial charge in [-0.25, -0.2) is 0 Å². The Balaban J connectivity index is 2.44. The van der Waals surface area contributed by atoms with E-state index in [9.17, 15) is 14.9 Å². The minimum Gasteiger partial charge on any atom is -0.323 e. The Bertz CT molecular complexity index is 581. The molecule has 0 radical (unpaired) electrons. The van der Waals surface area contributed by atoms with E-state index in [2.05, 4.69) is 11.4 Å². The van der Waals surface area contributed by atoms with E-state index in [-0.39, 0.29) is 17.9 Å². The molecule has 1 N–H and O–H groups in total. The van der Waals surface area contributed by atoms with Crippen molar-refractivity contribution in [2.24, 2.45) is 11.3 Å². The van der Waals surface area contributed by atoms with Crippen LogP contribution < -0.4 is 5.32 Å². The van der Waals surface area contributed by atoms with Crippen LogP contribution in [0.5, 0.6) is 0 Å². The van der Waals surface area contributed by atoms with Crippen LogP contribution in [0.2, 0.25) is 0 Å². The van der Waals surface area contributed by atoms with Gasteiger partial charge in [-0.1, -0.05) is 13.0 Å². The molecule has 0 aromatic carbocycles. The largest absolute Gasteiger partial charge is 0.323 e. The van der Waals surface area contributed by atoms with Crippen molar-refractivity contribution < 1.29 is 9.59 Å². The van der Waals surface area contributed by atoms with Gasteiger partial charge in [0.1, 0.15) is 6.29 Å². The van der Waals surface area contributed by atoms with Gasteiger partial charge in [0, 0.05) is 17.3 Å². The summed E-state index contributed by atoms with van der Waals surface area (Å²) < 4.78 is 0. The predicted molar refractivity (Wildman–Crippen MR) is 85.2 cm³/mol. The van der Waals surface area contributed by atoms with E-state index in [0.29, 0.717) is 13.0 Å². The Morgan fingerprint density at radius 1 is 1.73 bits per heavy atom. The molecule has 5 nitrogen and oxygen atoms in total. The molecule has 4 atom stereocenters. The van der Waals surface area contributed by atoms with Crippen molar-refractivity contribution in [2.75, 3.05) is 13.6 Å². The first-order valence-electron chi connectivity index (χ1n) is 7.35. The summed E-state index contributed by atoms with van der Waals surface area (Å²) in [5.41, 5.74) is -0.745. The van der Waals surface area contributed by atoms with E-state index < -0.39 is 11.5 Å². The van der Waals surface area contributed by atoms with Crippen LogP contribution in [0.15, 0.2) is 17.5 Å². The molecule has 2 heterocycles. The highest BCUT2D eigenvalue weighted by atomic mass is 32.1. The lowest BCUT2D eigenvalue weighted by Crippen LogP contribution is -2.44. The monoisotopic (exact) mass is 319 g/mol. The number of carbonyl (C=O) groups is 2. The zero-order valence-electron chi connectivity index (χ0n) is 13.1. The van der Waals surface area contributed by atoms with E-state index >= 15 is 0 Å². The van der Waals surface area contributed by atoms with Gasteiger partial charge in [-0.05, 0) is 31.8 Å². The van der Waals surface area contributed by atoms with Gasteiger partial charge in [-0.3, -0.25) is 4.79 Å². The van der Waals surface area contributed by atoms with Crippen molar-refractivity contribution in [3.8, 4) is 6.07 Å². The second kappa shape index (κ2) is 6.59. The molecule has 1 aliphatic heterocycles. The fraction of sp³-hybridized carbons (Fsp3) is 0.562. The number of nitrogens with one attached hydrogen (secondary N) is 1. The lowest BCUT2D eigenvalue weighted by molar-refractivity contribution is -0.140. The van der Waals surface area contributed by atoms with Gasteiger partial charge in [-0.15, -0.1) is 11.3 Å². The minimum atomic E-state index is -0.745. The standard InChI is InChI=1S/C16H21N3O2S/c1-11(8-18-3)15(21)19-12(9-20)7-16(2,10-17)14(19)13-5-4-6-22-13/h4-6,9,11-12,14,18H,7-8H2,1-3H3/t11?,12?,14?,16-/m1/s1. The van der Waals surface area contributed by atoms with Crippen molar-refractivity contribution in [3.63, 3.8) is 0 Å². The molecule has 1 aliphatic rings. The number of thiophene rings is 1. The van der Waals surface area contributed by atoms with Gasteiger partial charge in [0.25, 0.3) is 0 Å². The summed E-state index contributed by atoms with van der Waals surface area (Å²) in [6.45, 7) is 4.22. The Morgan fingerprint density at radius 3 is 2.95 bits per heavy atom. The molecule has 118 valence electrons. The van der Waals surface area contributed by atoms with Crippen molar-refractivity contribution >= 4 is 23.5 Å². The number of rotatable bonds is 5. The summed E-state index contributed by atoms with van der Waals surface area (Å²) in [7, 11) is 1.79. The van der Waals surface area contributed by atoms with Crippen LogP contribution in [0.4, 0.5) is 0 Å². The molecule has 1 saturated heterocycles. The maximum atomic E-state index is 12.8. The van der Waals surface area contributed by atoms with E-state index in [1.165, 1.54) is 11.3 Å². The van der Waals surface area contributed by atoms with Crippen molar-refractivity contribution in [1.82, 2.24) is 10.2 Å². The van der Waals surface area contributed by atoms with Gasteiger partial charge < -0.3 is 15.0 Å². The van der Waals surface area contributed by atoms with Crippen LogP contribution in [0, 0.1) is 22.7 Å². The number of aldehydes is 1. The average Bonchev–Trinajstić information content (AvgIpc) is 3.12. The molecule has 2 rings (SSSR count). The Kier molecular flexibility index (Phi) is 4.99. The number of hydrogen-bond acceptors (Lipinski definition) is 5. The summed E-state index contributed by atoms with van der Waals surface area (Å²) in [5, 5.41) is 14.6. The van der Waals surface area contributed by atoms with Gasteiger partial charge in [0.15, 0.2) is 0 Å². The normalized spacial score (nSPS) is 29.1. The highest BCUT2D eigenvalue weighted by Crippen LogP contribution is 2.50. The quantitative estimate of drug-likeness (QED) is 0.842. The van der Waals surface area contributed by atoms with Crippen LogP contribution in [0.25, 0.3) is 0 Å². The zero-order chi connectivity index (χ0) is 16.3. The number of hydrogen-bond donors (Lipinski definition) is 1. The number of nitrogens with zero attached hydrogens (tertiary/aromatic N) is 2. The van der Waals surface area contributed by atoms with E-state index in [1.54, 1.807) is 11.9 Å². The van der Waals surface area contributed by atoms with Crippen molar-refractivity contribution in [3.05, 3.63) is 22.4 Å². The Labute approximate surface area is 134 Å². The fourth-order valence-corrected chi connectivity index (χ4v) is 4.17. The number of likely N-dealkylation sites (tertiary alicyclic amines) is 1. The molecular weight excluding hydrogens is 298 g/mol. The molecule has 1 aromatic heterocycles. The van der Waals surface area contributed by atoms with Crippen LogP contribution in [0.1, 0.15) is 31.2 Å². The maximum Gasteiger partial charge on any atom is 0.227 e. The van der Waals surface area contributed by atoms with Crippen LogP contribution >= 0.6 is 11.3 Å². The molecule has 6 heteroatoms. The molecule has 22 heavy (non-hydrogen) atoms. The first-order valence-corrected chi connectivity index (χ1v) is 8.23. The summed E-state index contributed by atoms with van der Waals surface area (Å²) in [4.78, 5) is 26.9. The molecule has 1 amide bonds. The van der Waals surface area contributed by atoms with E-state index in [1.807, 2.05) is 31.4 Å². The second-order valence-corrected chi connectivity index (χ2v) is 7.04. The molecule has 0 bridgehead atoms. The highest BCUT2D eigenvalue weighted by Gasteiger charge is 2.53. The molecular formula is C16H21N3O2S. The van der Waals surface area contributed by atoms with Gasteiger partial charge >= 0.3 is 0 Å². The lowest BCUT2D eigenvalue weighted by atomic mass is 9.82. The summed E-state index contributed by atoms with van der Waals surface area (Å²) in [6.07, 6.45) is 1.18. The third kappa shape index (κ3) is 2.79. The first-order chi connectivity index (χ1) is 10.5. The van der Waals surface area contributed by atoms with Gasteiger partial charge in [0.2, 0.25) is 5.91 Å². The summed E-state index contributed by atoms with van der Waals surface area (Å²) >= 11 is 1.52. The zero-order valence-corrected chi connectivity index (χ0v) is 13.9. The minimum absolute atomic E-state index is 0.0798. The van der Waals surface area contributed by atoms with Gasteiger partial charge in [0.05, 0.1) is 23.6 Å². The Morgan fingerprint density at radius 2 is 2.45 bits per heavy atom. The van der Waals surface area contributed by atoms with Crippen molar-refractivity contribution in [1.29, 1.82) is 5.26 Å². The smallest absolute Gasteiger partial charge is 0.227 e. The lowest BCUT2D eigenvalue weighted by Gasteiger charge is -2.33. The maximum absolute atomic E-state index is 12.8. The fourth-order valence-electron chi connectivity index (χ4n) is 3.20. The third-order valence-corrected chi connectivity index (χ3v) is 5.21.